The van der Waals surface area contributed by atoms with Crippen LogP contribution in [0, 0.1) is 23.5 Å². The maximum Gasteiger partial charge on any atom is 0.222 e. The van der Waals surface area contributed by atoms with Crippen molar-refractivity contribution in [3.63, 3.8) is 0 Å². The molecular formula is C23H26N4OS. The highest BCUT2D eigenvalue weighted by Crippen LogP contribution is 2.46. The van der Waals surface area contributed by atoms with Crippen LogP contribution < -0.4 is 5.32 Å². The van der Waals surface area contributed by atoms with Gasteiger partial charge in [0.2, 0.25) is 5.91 Å². The van der Waals surface area contributed by atoms with Gasteiger partial charge in [0.1, 0.15) is 0 Å². The lowest BCUT2D eigenvalue weighted by Gasteiger charge is -2.19. The molecule has 1 fully saturated rings. The van der Waals surface area contributed by atoms with Gasteiger partial charge in [0.05, 0.1) is 6.04 Å². The van der Waals surface area contributed by atoms with E-state index < -0.39 is 0 Å². The fourth-order valence-electron chi connectivity index (χ4n) is 3.90. The summed E-state index contributed by atoms with van der Waals surface area (Å²) < 4.78 is 2.44. The first-order valence-electron chi connectivity index (χ1n) is 10.1. The molecule has 3 unspecified atom stereocenters. The lowest BCUT2D eigenvalue weighted by molar-refractivity contribution is -0.122. The lowest BCUT2D eigenvalue weighted by Crippen LogP contribution is -2.31. The standard InChI is InChI=1S/C23H26N4OS/c1-15-7-6-10-18(13-15)22-25-26-23(29)27(22)12-11-20(28)24-21(19-14-16(19)2)17-8-4-3-5-9-17/h3-10,13,16,19,21H,11-12,14H2,1-2H3,(H,24,28)(H,26,29). The van der Waals surface area contributed by atoms with Gasteiger partial charge in [0.15, 0.2) is 10.6 Å². The molecule has 4 rings (SSSR count). The number of aromatic nitrogens is 3. The molecule has 1 saturated carbocycles. The van der Waals surface area contributed by atoms with Crippen LogP contribution >= 0.6 is 12.2 Å². The summed E-state index contributed by atoms with van der Waals surface area (Å²) in [7, 11) is 0. The zero-order valence-electron chi connectivity index (χ0n) is 16.8. The number of benzene rings is 2. The molecule has 1 heterocycles. The van der Waals surface area contributed by atoms with Gasteiger partial charge >= 0.3 is 0 Å². The zero-order valence-corrected chi connectivity index (χ0v) is 17.6. The van der Waals surface area contributed by atoms with Crippen LogP contribution in [-0.4, -0.2) is 20.7 Å². The lowest BCUT2D eigenvalue weighted by atomic mass is 10.0. The first-order valence-corrected chi connectivity index (χ1v) is 10.5. The van der Waals surface area contributed by atoms with Crippen LogP contribution in [0.5, 0.6) is 0 Å². The number of rotatable bonds is 7. The Kier molecular flexibility index (Phi) is 5.62. The van der Waals surface area contributed by atoms with Gasteiger partial charge < -0.3 is 5.32 Å². The number of hydrogen-bond donors (Lipinski definition) is 2. The minimum atomic E-state index is 0.0382. The van der Waals surface area contributed by atoms with Crippen molar-refractivity contribution in [1.82, 2.24) is 20.1 Å². The number of hydrogen-bond acceptors (Lipinski definition) is 3. The van der Waals surface area contributed by atoms with Gasteiger partial charge in [-0.05, 0) is 49.0 Å². The van der Waals surface area contributed by atoms with Crippen LogP contribution in [0.15, 0.2) is 54.6 Å². The normalized spacial score (nSPS) is 19.0. The van der Waals surface area contributed by atoms with E-state index >= 15 is 0 Å². The highest BCUT2D eigenvalue weighted by atomic mass is 32.1. The minimum Gasteiger partial charge on any atom is -0.349 e. The maximum atomic E-state index is 12.8. The van der Waals surface area contributed by atoms with E-state index in [1.165, 1.54) is 5.56 Å². The maximum absolute atomic E-state index is 12.8. The second kappa shape index (κ2) is 8.33. The van der Waals surface area contributed by atoms with Crippen LogP contribution in [0.1, 0.15) is 36.9 Å². The molecule has 3 aromatic rings. The molecule has 1 aromatic heterocycles. The number of nitrogens with zero attached hydrogens (tertiary/aromatic N) is 2. The molecule has 1 amide bonds. The Bertz CT molecular complexity index is 1060. The number of amides is 1. The number of carbonyl (C=O) groups excluding carboxylic acids is 1. The molecule has 6 heteroatoms. The topological polar surface area (TPSA) is 62.7 Å². The van der Waals surface area contributed by atoms with Gasteiger partial charge in [-0.2, -0.15) is 5.10 Å². The molecule has 2 N–H and O–H groups in total. The molecule has 0 spiro atoms. The van der Waals surface area contributed by atoms with Gasteiger partial charge in [0, 0.05) is 18.5 Å². The monoisotopic (exact) mass is 406 g/mol. The molecule has 1 aliphatic rings. The predicted molar refractivity (Wildman–Crippen MR) is 117 cm³/mol. The molecule has 5 nitrogen and oxygen atoms in total. The van der Waals surface area contributed by atoms with Crippen molar-refractivity contribution in [3.05, 3.63) is 70.5 Å². The fourth-order valence-corrected chi connectivity index (χ4v) is 4.13. The Morgan fingerprint density at radius 2 is 2.03 bits per heavy atom. The highest BCUT2D eigenvalue weighted by Gasteiger charge is 2.40. The summed E-state index contributed by atoms with van der Waals surface area (Å²) in [5.74, 6) is 1.97. The number of H-pyrrole nitrogens is 1. The van der Waals surface area contributed by atoms with E-state index in [9.17, 15) is 4.79 Å². The second-order valence-corrected chi connectivity index (χ2v) is 8.34. The van der Waals surface area contributed by atoms with Crippen LogP contribution in [0.2, 0.25) is 0 Å². The summed E-state index contributed by atoms with van der Waals surface area (Å²) in [6.07, 6.45) is 1.52. The average molecular weight is 407 g/mol. The van der Waals surface area contributed by atoms with E-state index in [0.29, 0.717) is 29.6 Å². The van der Waals surface area contributed by atoms with E-state index in [-0.39, 0.29) is 11.9 Å². The van der Waals surface area contributed by atoms with Gasteiger partial charge in [-0.1, -0.05) is 61.0 Å². The number of aryl methyl sites for hydroxylation is 1. The first kappa shape index (κ1) is 19.6. The Balaban J connectivity index is 1.46. The van der Waals surface area contributed by atoms with Crippen molar-refractivity contribution in [2.45, 2.75) is 39.3 Å². The van der Waals surface area contributed by atoms with Gasteiger partial charge in [-0.3, -0.25) is 14.5 Å². The van der Waals surface area contributed by atoms with E-state index in [1.54, 1.807) is 0 Å². The molecule has 0 radical (unpaired) electrons. The van der Waals surface area contributed by atoms with E-state index in [1.807, 2.05) is 47.9 Å². The number of aromatic amines is 1. The molecule has 29 heavy (non-hydrogen) atoms. The third kappa shape index (κ3) is 4.48. The Labute approximate surface area is 176 Å². The van der Waals surface area contributed by atoms with Crippen LogP contribution in [-0.2, 0) is 11.3 Å². The summed E-state index contributed by atoms with van der Waals surface area (Å²) in [5, 5.41) is 10.5. The fraction of sp³-hybridized carbons (Fsp3) is 0.348. The SMILES string of the molecule is Cc1cccc(-c2n[nH]c(=S)n2CCC(=O)NC(c2ccccc2)C2CC2C)c1. The van der Waals surface area contributed by atoms with Crippen molar-refractivity contribution in [1.29, 1.82) is 0 Å². The van der Waals surface area contributed by atoms with Crippen molar-refractivity contribution in [2.24, 2.45) is 11.8 Å². The largest absolute Gasteiger partial charge is 0.349 e. The first-order chi connectivity index (χ1) is 14.0. The average Bonchev–Trinajstić information content (AvgIpc) is 3.32. The summed E-state index contributed by atoms with van der Waals surface area (Å²) in [5.41, 5.74) is 3.33. The van der Waals surface area contributed by atoms with E-state index in [4.69, 9.17) is 12.2 Å². The second-order valence-electron chi connectivity index (χ2n) is 7.96. The van der Waals surface area contributed by atoms with Crippen molar-refractivity contribution in [2.75, 3.05) is 0 Å². The molecule has 3 atom stereocenters. The Hall–Kier alpha value is -2.73. The van der Waals surface area contributed by atoms with E-state index in [0.717, 1.165) is 23.4 Å². The van der Waals surface area contributed by atoms with Gasteiger partial charge in [-0.15, -0.1) is 0 Å². The smallest absolute Gasteiger partial charge is 0.222 e. The Morgan fingerprint density at radius 3 is 2.72 bits per heavy atom. The molecule has 2 aromatic carbocycles. The summed E-state index contributed by atoms with van der Waals surface area (Å²) in [4.78, 5) is 12.8. The molecular weight excluding hydrogens is 380 g/mol. The molecule has 150 valence electrons. The van der Waals surface area contributed by atoms with Crippen molar-refractivity contribution >= 4 is 18.1 Å². The highest BCUT2D eigenvalue weighted by molar-refractivity contribution is 7.71. The van der Waals surface area contributed by atoms with Crippen LogP contribution in [0.25, 0.3) is 11.4 Å². The summed E-state index contributed by atoms with van der Waals surface area (Å²) >= 11 is 5.40. The van der Waals surface area contributed by atoms with Crippen molar-refractivity contribution < 1.29 is 4.79 Å². The van der Waals surface area contributed by atoms with E-state index in [2.05, 4.69) is 40.6 Å². The molecule has 1 aliphatic carbocycles. The third-order valence-corrected chi connectivity index (χ3v) is 5.98. The minimum absolute atomic E-state index is 0.0382. The summed E-state index contributed by atoms with van der Waals surface area (Å²) in [6, 6.07) is 18.5. The zero-order chi connectivity index (χ0) is 20.4. The van der Waals surface area contributed by atoms with Crippen LogP contribution in [0.3, 0.4) is 0 Å². The summed E-state index contributed by atoms with van der Waals surface area (Å²) in [6.45, 7) is 4.78. The predicted octanol–water partition coefficient (Wildman–Crippen LogP) is 4.82. The van der Waals surface area contributed by atoms with Crippen molar-refractivity contribution in [3.8, 4) is 11.4 Å². The molecule has 0 aliphatic heterocycles. The molecule has 0 bridgehead atoms. The molecule has 0 saturated heterocycles. The Morgan fingerprint density at radius 1 is 1.28 bits per heavy atom. The van der Waals surface area contributed by atoms with Crippen LogP contribution in [0.4, 0.5) is 0 Å². The quantitative estimate of drug-likeness (QED) is 0.553. The number of nitrogens with one attached hydrogen (secondary N) is 2. The number of carbonyl (C=O) groups is 1. The van der Waals surface area contributed by atoms with Gasteiger partial charge in [-0.25, -0.2) is 0 Å². The van der Waals surface area contributed by atoms with Gasteiger partial charge in [0.25, 0.3) is 0 Å². The third-order valence-electron chi connectivity index (χ3n) is 5.67.